The van der Waals surface area contributed by atoms with E-state index in [0.29, 0.717) is 38.9 Å². The molecule has 1 heterocycles. The number of benzene rings is 2. The van der Waals surface area contributed by atoms with Crippen molar-refractivity contribution in [1.29, 1.82) is 0 Å². The predicted molar refractivity (Wildman–Crippen MR) is 113 cm³/mol. The van der Waals surface area contributed by atoms with Gasteiger partial charge in [0.1, 0.15) is 0 Å². The van der Waals surface area contributed by atoms with Gasteiger partial charge in [-0.05, 0) is 24.3 Å². The monoisotopic (exact) mass is 445 g/mol. The van der Waals surface area contributed by atoms with Crippen LogP contribution in [0.5, 0.6) is 0 Å². The first-order chi connectivity index (χ1) is 12.9. The molecule has 1 saturated heterocycles. The quantitative estimate of drug-likeness (QED) is 0.697. The van der Waals surface area contributed by atoms with Crippen LogP contribution in [0.1, 0.15) is 5.56 Å². The number of hydrogen-bond donors (Lipinski definition) is 1. The fourth-order valence-corrected chi connectivity index (χ4v) is 4.02. The van der Waals surface area contributed by atoms with Gasteiger partial charge in [0.25, 0.3) is 0 Å². The largest absolute Gasteiger partial charge is 0.322 e. The van der Waals surface area contributed by atoms with E-state index in [2.05, 4.69) is 15.1 Å². The first-order valence-electron chi connectivity index (χ1n) is 8.55. The number of carbonyl (C=O) groups is 1. The third-order valence-electron chi connectivity index (χ3n) is 4.50. The average molecular weight is 447 g/mol. The molecule has 2 aromatic carbocycles. The summed E-state index contributed by atoms with van der Waals surface area (Å²) < 4.78 is 0. The molecule has 0 radical (unpaired) electrons. The summed E-state index contributed by atoms with van der Waals surface area (Å²) in [5.41, 5.74) is 1.40. The Balaban J connectivity index is 1.50. The summed E-state index contributed by atoms with van der Waals surface area (Å²) in [4.78, 5) is 16.7. The van der Waals surface area contributed by atoms with Crippen LogP contribution in [0.15, 0.2) is 36.4 Å². The Hall–Kier alpha value is -1.01. The third kappa shape index (κ3) is 5.50. The molecular formula is C19H19Cl4N3O. The smallest absolute Gasteiger partial charge is 0.238 e. The molecule has 1 N–H and O–H groups in total. The number of rotatable bonds is 5. The normalized spacial score (nSPS) is 15.7. The molecule has 4 nitrogen and oxygen atoms in total. The van der Waals surface area contributed by atoms with E-state index < -0.39 is 0 Å². The lowest BCUT2D eigenvalue weighted by atomic mass is 10.2. The van der Waals surface area contributed by atoms with E-state index in [4.69, 9.17) is 46.4 Å². The molecule has 27 heavy (non-hydrogen) atoms. The lowest BCUT2D eigenvalue weighted by Crippen LogP contribution is -2.48. The molecule has 1 aliphatic rings. The van der Waals surface area contributed by atoms with Crippen molar-refractivity contribution >= 4 is 58.0 Å². The fraction of sp³-hybridized carbons (Fsp3) is 0.316. The zero-order valence-electron chi connectivity index (χ0n) is 14.5. The Bertz CT molecular complexity index is 782. The number of carbonyl (C=O) groups excluding carboxylic acids is 1. The molecule has 1 fully saturated rings. The number of nitrogens with one attached hydrogen (secondary N) is 1. The van der Waals surface area contributed by atoms with E-state index >= 15 is 0 Å². The minimum absolute atomic E-state index is 0.132. The van der Waals surface area contributed by atoms with Gasteiger partial charge in [-0.25, -0.2) is 0 Å². The molecule has 0 aromatic heterocycles. The number of hydrogen-bond acceptors (Lipinski definition) is 3. The van der Waals surface area contributed by atoms with Gasteiger partial charge in [0, 0.05) is 48.3 Å². The Labute approximate surface area is 178 Å². The van der Waals surface area contributed by atoms with Crippen molar-refractivity contribution in [3.63, 3.8) is 0 Å². The number of para-hydroxylation sites is 1. The van der Waals surface area contributed by atoms with Gasteiger partial charge in [-0.15, -0.1) is 0 Å². The Morgan fingerprint density at radius 2 is 1.30 bits per heavy atom. The highest BCUT2D eigenvalue weighted by molar-refractivity contribution is 6.39. The van der Waals surface area contributed by atoms with E-state index in [1.54, 1.807) is 18.2 Å². The minimum Gasteiger partial charge on any atom is -0.322 e. The standard InChI is InChI=1S/C19H19Cl4N3O/c20-14-3-1-4-15(21)13(14)11-25-7-9-26(10-8-25)12-18(27)24-19-16(22)5-2-6-17(19)23/h1-6H,7-12H2,(H,24,27). The van der Waals surface area contributed by atoms with E-state index in [1.165, 1.54) is 0 Å². The first-order valence-corrected chi connectivity index (χ1v) is 10.1. The maximum Gasteiger partial charge on any atom is 0.238 e. The maximum atomic E-state index is 12.3. The van der Waals surface area contributed by atoms with Crippen molar-refractivity contribution in [3.8, 4) is 0 Å². The number of amides is 1. The molecule has 1 amide bonds. The fourth-order valence-electron chi connectivity index (χ4n) is 3.01. The van der Waals surface area contributed by atoms with Crippen molar-refractivity contribution in [3.05, 3.63) is 62.1 Å². The Morgan fingerprint density at radius 1 is 0.815 bits per heavy atom. The van der Waals surface area contributed by atoms with E-state index in [9.17, 15) is 4.79 Å². The van der Waals surface area contributed by atoms with Crippen LogP contribution >= 0.6 is 46.4 Å². The van der Waals surface area contributed by atoms with E-state index in [1.807, 2.05) is 18.2 Å². The Morgan fingerprint density at radius 3 is 1.85 bits per heavy atom. The summed E-state index contributed by atoms with van der Waals surface area (Å²) in [6.07, 6.45) is 0. The highest BCUT2D eigenvalue weighted by atomic mass is 35.5. The highest BCUT2D eigenvalue weighted by Crippen LogP contribution is 2.30. The zero-order chi connectivity index (χ0) is 19.4. The molecule has 0 aliphatic carbocycles. The lowest BCUT2D eigenvalue weighted by molar-refractivity contribution is -0.117. The summed E-state index contributed by atoms with van der Waals surface area (Å²) in [6.45, 7) is 4.23. The van der Waals surface area contributed by atoms with Crippen LogP contribution < -0.4 is 5.32 Å². The maximum absolute atomic E-state index is 12.3. The van der Waals surface area contributed by atoms with Gasteiger partial charge in [-0.2, -0.15) is 0 Å². The van der Waals surface area contributed by atoms with Gasteiger partial charge >= 0.3 is 0 Å². The summed E-state index contributed by atoms with van der Waals surface area (Å²) in [6, 6.07) is 10.7. The van der Waals surface area contributed by atoms with Crippen molar-refractivity contribution < 1.29 is 4.79 Å². The van der Waals surface area contributed by atoms with Crippen LogP contribution in [-0.4, -0.2) is 48.4 Å². The molecule has 8 heteroatoms. The molecule has 1 aliphatic heterocycles. The highest BCUT2D eigenvalue weighted by Gasteiger charge is 2.21. The molecule has 3 rings (SSSR count). The van der Waals surface area contributed by atoms with Crippen molar-refractivity contribution in [2.45, 2.75) is 6.54 Å². The number of halogens is 4. The van der Waals surface area contributed by atoms with Gasteiger partial charge in [0.05, 0.1) is 22.3 Å². The number of nitrogens with zero attached hydrogens (tertiary/aromatic N) is 2. The molecule has 0 saturated carbocycles. The average Bonchev–Trinajstić information content (AvgIpc) is 2.63. The van der Waals surface area contributed by atoms with Crippen molar-refractivity contribution in [1.82, 2.24) is 9.80 Å². The summed E-state index contributed by atoms with van der Waals surface area (Å²) >= 11 is 24.7. The van der Waals surface area contributed by atoms with Gasteiger partial charge in [-0.1, -0.05) is 58.5 Å². The van der Waals surface area contributed by atoms with Crippen LogP contribution in [-0.2, 0) is 11.3 Å². The second-order valence-electron chi connectivity index (χ2n) is 6.40. The molecule has 0 bridgehead atoms. The van der Waals surface area contributed by atoms with Gasteiger partial charge in [0.2, 0.25) is 5.91 Å². The van der Waals surface area contributed by atoms with Crippen LogP contribution in [0, 0.1) is 0 Å². The van der Waals surface area contributed by atoms with Crippen molar-refractivity contribution in [2.24, 2.45) is 0 Å². The van der Waals surface area contributed by atoms with Crippen LogP contribution in [0.4, 0.5) is 5.69 Å². The Kier molecular flexibility index (Phi) is 7.26. The van der Waals surface area contributed by atoms with Gasteiger partial charge < -0.3 is 5.32 Å². The summed E-state index contributed by atoms with van der Waals surface area (Å²) in [5.74, 6) is -0.132. The van der Waals surface area contributed by atoms with Crippen molar-refractivity contribution in [2.75, 3.05) is 38.0 Å². The topological polar surface area (TPSA) is 35.6 Å². The molecule has 2 aromatic rings. The minimum atomic E-state index is -0.132. The third-order valence-corrected chi connectivity index (χ3v) is 5.84. The van der Waals surface area contributed by atoms with Crippen LogP contribution in [0.2, 0.25) is 20.1 Å². The first kappa shape index (κ1) is 20.7. The number of anilines is 1. The summed E-state index contributed by atoms with van der Waals surface area (Å²) in [7, 11) is 0. The van der Waals surface area contributed by atoms with Gasteiger partial charge in [0.15, 0.2) is 0 Å². The lowest BCUT2D eigenvalue weighted by Gasteiger charge is -2.34. The van der Waals surface area contributed by atoms with Crippen LogP contribution in [0.3, 0.4) is 0 Å². The van der Waals surface area contributed by atoms with E-state index in [0.717, 1.165) is 31.7 Å². The molecule has 144 valence electrons. The zero-order valence-corrected chi connectivity index (χ0v) is 17.5. The van der Waals surface area contributed by atoms with E-state index in [-0.39, 0.29) is 5.91 Å². The second kappa shape index (κ2) is 9.46. The van der Waals surface area contributed by atoms with Gasteiger partial charge in [-0.3, -0.25) is 14.6 Å². The van der Waals surface area contributed by atoms with Crippen LogP contribution in [0.25, 0.3) is 0 Å². The molecule has 0 atom stereocenters. The second-order valence-corrected chi connectivity index (χ2v) is 8.03. The molecule has 0 spiro atoms. The number of piperazine rings is 1. The summed E-state index contributed by atoms with van der Waals surface area (Å²) in [5, 5.41) is 5.02. The molecular weight excluding hydrogens is 428 g/mol. The predicted octanol–water partition coefficient (Wildman–Crippen LogP) is 5.06. The molecule has 0 unspecified atom stereocenters. The SMILES string of the molecule is O=C(CN1CCN(Cc2c(Cl)cccc2Cl)CC1)Nc1c(Cl)cccc1Cl.